The lowest BCUT2D eigenvalue weighted by Crippen LogP contribution is -2.48. The number of carbonyl (C=O) groups excluding carboxylic acids is 1. The van der Waals surface area contributed by atoms with Gasteiger partial charge in [0.2, 0.25) is 0 Å². The van der Waals surface area contributed by atoms with E-state index in [2.05, 4.69) is 4.98 Å². The highest BCUT2D eigenvalue weighted by Gasteiger charge is 2.34. The number of benzene rings is 1. The number of piperazine rings is 1. The van der Waals surface area contributed by atoms with Crippen LogP contribution in [0.2, 0.25) is 0 Å². The number of amides is 1. The second-order valence-electron chi connectivity index (χ2n) is 5.85. The Balaban J connectivity index is 1.67. The third-order valence-electron chi connectivity index (χ3n) is 4.25. The molecule has 0 N–H and O–H groups in total. The van der Waals surface area contributed by atoms with E-state index in [1.807, 2.05) is 0 Å². The number of thiazole rings is 1. The number of rotatable bonds is 4. The average molecular weight is 401 g/mol. The molecule has 1 amide bonds. The first-order valence-corrected chi connectivity index (χ1v) is 8.94. The predicted molar refractivity (Wildman–Crippen MR) is 94.8 cm³/mol. The van der Waals surface area contributed by atoms with Crippen LogP contribution in [0.5, 0.6) is 11.5 Å². The molecule has 1 aromatic heterocycles. The minimum Gasteiger partial charge on any atom is -0.497 e. The quantitative estimate of drug-likeness (QED) is 0.788. The van der Waals surface area contributed by atoms with E-state index in [1.165, 1.54) is 14.2 Å². The molecule has 2 heterocycles. The zero-order valence-corrected chi connectivity index (χ0v) is 15.6. The first-order valence-electron chi connectivity index (χ1n) is 8.12. The fourth-order valence-corrected chi connectivity index (χ4v) is 3.62. The summed E-state index contributed by atoms with van der Waals surface area (Å²) in [5, 5.41) is 0.316. The molecule has 0 bridgehead atoms. The number of aromatic nitrogens is 1. The SMILES string of the molecule is COc1ccc(C(=O)N2CCN(c3ncc(C(F)(F)F)s3)CC2)c(OC)c1. The molecule has 0 spiro atoms. The van der Waals surface area contributed by atoms with Crippen molar-refractivity contribution in [2.75, 3.05) is 45.3 Å². The number of hydrogen-bond acceptors (Lipinski definition) is 6. The third kappa shape index (κ3) is 4.10. The van der Waals surface area contributed by atoms with Crippen LogP contribution in [0.25, 0.3) is 0 Å². The maximum absolute atomic E-state index is 12.8. The van der Waals surface area contributed by atoms with Gasteiger partial charge in [0, 0.05) is 32.2 Å². The van der Waals surface area contributed by atoms with Gasteiger partial charge < -0.3 is 19.3 Å². The van der Waals surface area contributed by atoms with Gasteiger partial charge in [0.05, 0.1) is 26.0 Å². The molecule has 10 heteroatoms. The smallest absolute Gasteiger partial charge is 0.427 e. The van der Waals surface area contributed by atoms with Crippen molar-refractivity contribution in [2.45, 2.75) is 6.18 Å². The number of carbonyl (C=O) groups is 1. The summed E-state index contributed by atoms with van der Waals surface area (Å²) < 4.78 is 48.6. The van der Waals surface area contributed by atoms with E-state index in [0.717, 1.165) is 6.20 Å². The topological polar surface area (TPSA) is 54.9 Å². The van der Waals surface area contributed by atoms with E-state index < -0.39 is 11.1 Å². The fraction of sp³-hybridized carbons (Fsp3) is 0.412. The Morgan fingerprint density at radius 2 is 1.85 bits per heavy atom. The summed E-state index contributed by atoms with van der Waals surface area (Å²) in [7, 11) is 3.00. The summed E-state index contributed by atoms with van der Waals surface area (Å²) >= 11 is 0.615. The second-order valence-corrected chi connectivity index (χ2v) is 6.86. The zero-order chi connectivity index (χ0) is 19.6. The normalized spacial score (nSPS) is 15.0. The minimum atomic E-state index is -4.39. The molecule has 3 rings (SSSR count). The van der Waals surface area contributed by atoms with E-state index >= 15 is 0 Å². The van der Waals surface area contributed by atoms with Crippen LogP contribution in [0.3, 0.4) is 0 Å². The highest BCUT2D eigenvalue weighted by atomic mass is 32.1. The molecular weight excluding hydrogens is 383 g/mol. The van der Waals surface area contributed by atoms with Crippen molar-refractivity contribution in [1.82, 2.24) is 9.88 Å². The molecule has 2 aromatic rings. The highest BCUT2D eigenvalue weighted by molar-refractivity contribution is 7.15. The van der Waals surface area contributed by atoms with Crippen molar-refractivity contribution in [3.63, 3.8) is 0 Å². The minimum absolute atomic E-state index is 0.190. The maximum Gasteiger partial charge on any atom is 0.427 e. The number of halogens is 3. The lowest BCUT2D eigenvalue weighted by atomic mass is 10.1. The number of alkyl halides is 3. The van der Waals surface area contributed by atoms with Crippen LogP contribution < -0.4 is 14.4 Å². The maximum atomic E-state index is 12.8. The van der Waals surface area contributed by atoms with Crippen molar-refractivity contribution in [1.29, 1.82) is 0 Å². The van der Waals surface area contributed by atoms with Gasteiger partial charge in [0.1, 0.15) is 16.4 Å². The van der Waals surface area contributed by atoms with Gasteiger partial charge >= 0.3 is 6.18 Å². The Bertz CT molecular complexity index is 817. The van der Waals surface area contributed by atoms with Gasteiger partial charge in [-0.2, -0.15) is 13.2 Å². The molecule has 1 aliphatic heterocycles. The Labute approximate surface area is 158 Å². The molecule has 0 atom stereocenters. The lowest BCUT2D eigenvalue weighted by molar-refractivity contribution is -0.134. The third-order valence-corrected chi connectivity index (χ3v) is 5.35. The Morgan fingerprint density at radius 3 is 2.41 bits per heavy atom. The van der Waals surface area contributed by atoms with Crippen molar-refractivity contribution >= 4 is 22.4 Å². The zero-order valence-electron chi connectivity index (χ0n) is 14.7. The summed E-state index contributed by atoms with van der Waals surface area (Å²) in [5.74, 6) is 0.804. The highest BCUT2D eigenvalue weighted by Crippen LogP contribution is 2.36. The summed E-state index contributed by atoms with van der Waals surface area (Å²) in [4.78, 5) is 19.3. The molecule has 1 aromatic carbocycles. The first-order chi connectivity index (χ1) is 12.8. The molecule has 1 aliphatic rings. The number of ether oxygens (including phenoxy) is 2. The van der Waals surface area contributed by atoms with Gasteiger partial charge in [-0.15, -0.1) is 0 Å². The molecule has 1 saturated heterocycles. The second kappa shape index (κ2) is 7.63. The van der Waals surface area contributed by atoms with Gasteiger partial charge in [-0.3, -0.25) is 4.79 Å². The number of hydrogen-bond donors (Lipinski definition) is 0. The van der Waals surface area contributed by atoms with Crippen molar-refractivity contribution < 1.29 is 27.4 Å². The number of anilines is 1. The van der Waals surface area contributed by atoms with Gasteiger partial charge in [-0.25, -0.2) is 4.98 Å². The summed E-state index contributed by atoms with van der Waals surface area (Å²) in [6.45, 7) is 1.59. The van der Waals surface area contributed by atoms with Crippen LogP contribution in [0.4, 0.5) is 18.3 Å². The lowest BCUT2D eigenvalue weighted by Gasteiger charge is -2.34. The van der Waals surface area contributed by atoms with Gasteiger partial charge in [-0.1, -0.05) is 11.3 Å². The van der Waals surface area contributed by atoms with Crippen LogP contribution in [-0.2, 0) is 6.18 Å². The standard InChI is InChI=1S/C17H18F3N3O3S/c1-25-11-3-4-12(13(9-11)26-2)15(24)22-5-7-23(8-6-22)16-21-10-14(27-16)17(18,19)20/h3-4,9-10H,5-8H2,1-2H3. The fourth-order valence-electron chi connectivity index (χ4n) is 2.79. The summed E-state index contributed by atoms with van der Waals surface area (Å²) in [5.41, 5.74) is 0.417. The number of methoxy groups -OCH3 is 2. The van der Waals surface area contributed by atoms with E-state index in [1.54, 1.807) is 28.0 Å². The van der Waals surface area contributed by atoms with Crippen molar-refractivity contribution in [3.05, 3.63) is 34.8 Å². The average Bonchev–Trinajstić information content (AvgIpc) is 3.17. The molecule has 1 fully saturated rings. The van der Waals surface area contributed by atoms with E-state index in [-0.39, 0.29) is 5.91 Å². The summed E-state index contributed by atoms with van der Waals surface area (Å²) in [6, 6.07) is 4.96. The summed E-state index contributed by atoms with van der Waals surface area (Å²) in [6.07, 6.45) is -3.54. The monoisotopic (exact) mass is 401 g/mol. The molecule has 0 saturated carbocycles. The Kier molecular flexibility index (Phi) is 5.45. The van der Waals surface area contributed by atoms with E-state index in [9.17, 15) is 18.0 Å². The Hall–Kier alpha value is -2.49. The van der Waals surface area contributed by atoms with Crippen LogP contribution in [0.15, 0.2) is 24.4 Å². The van der Waals surface area contributed by atoms with E-state index in [0.29, 0.717) is 59.7 Å². The molecule has 6 nitrogen and oxygen atoms in total. The molecule has 27 heavy (non-hydrogen) atoms. The van der Waals surface area contributed by atoms with Gasteiger partial charge in [0.15, 0.2) is 5.13 Å². The largest absolute Gasteiger partial charge is 0.497 e. The van der Waals surface area contributed by atoms with Gasteiger partial charge in [0.25, 0.3) is 5.91 Å². The molecule has 0 radical (unpaired) electrons. The van der Waals surface area contributed by atoms with Crippen LogP contribution in [0, 0.1) is 0 Å². The molecule has 0 unspecified atom stereocenters. The van der Waals surface area contributed by atoms with Crippen molar-refractivity contribution in [3.8, 4) is 11.5 Å². The molecular formula is C17H18F3N3O3S. The predicted octanol–water partition coefficient (Wildman–Crippen LogP) is 3.14. The van der Waals surface area contributed by atoms with E-state index in [4.69, 9.17) is 9.47 Å². The van der Waals surface area contributed by atoms with Crippen LogP contribution in [0.1, 0.15) is 15.2 Å². The van der Waals surface area contributed by atoms with Crippen LogP contribution >= 0.6 is 11.3 Å². The van der Waals surface area contributed by atoms with Gasteiger partial charge in [-0.05, 0) is 12.1 Å². The van der Waals surface area contributed by atoms with Crippen LogP contribution in [-0.4, -0.2) is 56.2 Å². The van der Waals surface area contributed by atoms with Crippen molar-refractivity contribution in [2.24, 2.45) is 0 Å². The molecule has 0 aliphatic carbocycles. The Morgan fingerprint density at radius 1 is 1.15 bits per heavy atom. The first kappa shape index (κ1) is 19.3. The number of nitrogens with zero attached hydrogens (tertiary/aromatic N) is 3. The molecule has 146 valence electrons.